The van der Waals surface area contributed by atoms with E-state index in [4.69, 9.17) is 9.47 Å². The van der Waals surface area contributed by atoms with Crippen molar-refractivity contribution >= 4 is 11.9 Å². The zero-order chi connectivity index (χ0) is 56.2. The van der Waals surface area contributed by atoms with Gasteiger partial charge >= 0.3 is 11.9 Å². The Bertz CT molecular complexity index is 1550. The summed E-state index contributed by atoms with van der Waals surface area (Å²) in [5.74, 6) is -0.602. The van der Waals surface area contributed by atoms with Gasteiger partial charge in [0.15, 0.2) is 6.10 Å². The molecule has 0 aromatic heterocycles. The second-order valence-corrected chi connectivity index (χ2v) is 21.8. The zero-order valence-corrected chi connectivity index (χ0v) is 51.1. The highest BCUT2D eigenvalue weighted by Gasteiger charge is 2.16. The Kier molecular flexibility index (Phi) is 64.4. The largest absolute Gasteiger partial charge is 0.462 e. The highest BCUT2D eigenvalue weighted by molar-refractivity contribution is 5.70. The molecule has 0 aliphatic heterocycles. The van der Waals surface area contributed by atoms with E-state index in [-0.39, 0.29) is 25.2 Å². The zero-order valence-electron chi connectivity index (χ0n) is 51.1. The first kappa shape index (κ1) is 74.3. The van der Waals surface area contributed by atoms with Gasteiger partial charge in [0, 0.05) is 12.8 Å². The van der Waals surface area contributed by atoms with Crippen LogP contribution in [0.5, 0.6) is 0 Å². The highest BCUT2D eigenvalue weighted by Crippen LogP contribution is 2.17. The number of rotatable bonds is 60. The number of unbranched alkanes of at least 4 members (excludes halogenated alkanes) is 32. The van der Waals surface area contributed by atoms with Gasteiger partial charge in [-0.25, -0.2) is 0 Å². The van der Waals surface area contributed by atoms with Crippen molar-refractivity contribution in [2.24, 2.45) is 0 Å². The molecule has 1 unspecified atom stereocenters. The molecule has 0 saturated heterocycles. The Morgan fingerprint density at radius 3 is 0.833 bits per heavy atom. The quantitative estimate of drug-likeness (QED) is 0.0373. The lowest BCUT2D eigenvalue weighted by Gasteiger charge is -2.15. The minimum absolute atomic E-state index is 0.0750. The molecular weight excluding hydrogens is 957 g/mol. The number of hydrogen-bond donors (Lipinski definition) is 1. The fourth-order valence-corrected chi connectivity index (χ4v) is 9.35. The van der Waals surface area contributed by atoms with Crippen molar-refractivity contribution in [2.45, 2.75) is 315 Å². The Labute approximate surface area is 483 Å². The molecule has 0 rings (SSSR count). The van der Waals surface area contributed by atoms with Gasteiger partial charge in [-0.1, -0.05) is 328 Å². The normalized spacial score (nSPS) is 13.0. The van der Waals surface area contributed by atoms with Crippen LogP contribution < -0.4 is 0 Å². The minimum Gasteiger partial charge on any atom is -0.462 e. The van der Waals surface area contributed by atoms with Gasteiger partial charge in [-0.2, -0.15) is 0 Å². The monoisotopic (exact) mass is 1080 g/mol. The summed E-state index contributed by atoms with van der Waals surface area (Å²) >= 11 is 0. The molecule has 0 fully saturated rings. The summed E-state index contributed by atoms with van der Waals surface area (Å²) < 4.78 is 10.7. The third kappa shape index (κ3) is 64.8. The lowest BCUT2D eigenvalue weighted by atomic mass is 10.0. The molecule has 5 heteroatoms. The van der Waals surface area contributed by atoms with Gasteiger partial charge in [-0.3, -0.25) is 9.59 Å². The molecule has 0 aromatic carbocycles. The number of carbonyl (C=O) groups excluding carboxylic acids is 2. The molecule has 0 radical (unpaired) electrons. The van der Waals surface area contributed by atoms with Crippen molar-refractivity contribution in [1.29, 1.82) is 0 Å². The average molecular weight is 1080 g/mol. The van der Waals surface area contributed by atoms with Gasteiger partial charge in [0.25, 0.3) is 0 Å². The van der Waals surface area contributed by atoms with Crippen LogP contribution in [0.1, 0.15) is 309 Å². The summed E-state index contributed by atoms with van der Waals surface area (Å²) in [6.45, 7) is 4.05. The molecule has 1 atom stereocenters. The molecule has 0 amide bonds. The van der Waals surface area contributed by atoms with E-state index in [0.29, 0.717) is 12.8 Å². The Balaban J connectivity index is 3.56. The SMILES string of the molecule is CC/C=C\C/C=C\C/C=C\C/C=C\C/C=C\C/C=C\C/C=C\C/C=C\C/C=C\C/C=C\CCCCCCCCC(=O)OC(CO)COC(=O)CCCCCCCCCCCCCCCCCCCCCCCCCCCCC. The predicted octanol–water partition coefficient (Wildman–Crippen LogP) is 23.0. The van der Waals surface area contributed by atoms with E-state index in [9.17, 15) is 14.7 Å². The second kappa shape index (κ2) is 67.6. The van der Waals surface area contributed by atoms with Crippen LogP contribution in [0.4, 0.5) is 0 Å². The van der Waals surface area contributed by atoms with Crippen LogP contribution in [0.15, 0.2) is 122 Å². The lowest BCUT2D eigenvalue weighted by molar-refractivity contribution is -0.161. The minimum atomic E-state index is -0.788. The van der Waals surface area contributed by atoms with Crippen molar-refractivity contribution in [3.05, 3.63) is 122 Å². The first-order chi connectivity index (χ1) is 38.6. The molecule has 0 aromatic rings. The first-order valence-corrected chi connectivity index (χ1v) is 33.1. The number of ether oxygens (including phenoxy) is 2. The molecular formula is C73H124O5. The van der Waals surface area contributed by atoms with Crippen molar-refractivity contribution in [3.63, 3.8) is 0 Å². The van der Waals surface area contributed by atoms with Crippen LogP contribution in [0, 0.1) is 0 Å². The molecule has 1 N–H and O–H groups in total. The van der Waals surface area contributed by atoms with Crippen LogP contribution >= 0.6 is 0 Å². The lowest BCUT2D eigenvalue weighted by Crippen LogP contribution is -2.28. The fraction of sp³-hybridized carbons (Fsp3) is 0.699. The molecule has 0 saturated carbocycles. The molecule has 0 aliphatic carbocycles. The van der Waals surface area contributed by atoms with Crippen molar-refractivity contribution < 1.29 is 24.2 Å². The number of aliphatic hydroxyl groups excluding tert-OH is 1. The summed E-state index contributed by atoms with van der Waals surface area (Å²) in [5, 5.41) is 9.69. The van der Waals surface area contributed by atoms with Gasteiger partial charge in [-0.15, -0.1) is 0 Å². The molecule has 5 nitrogen and oxygen atoms in total. The van der Waals surface area contributed by atoms with Crippen LogP contribution in [-0.2, 0) is 19.1 Å². The molecule has 446 valence electrons. The predicted molar refractivity (Wildman–Crippen MR) is 343 cm³/mol. The number of carbonyl (C=O) groups is 2. The third-order valence-electron chi connectivity index (χ3n) is 14.3. The van der Waals surface area contributed by atoms with Gasteiger partial charge in [0.2, 0.25) is 0 Å². The first-order valence-electron chi connectivity index (χ1n) is 33.1. The smallest absolute Gasteiger partial charge is 0.306 e. The Morgan fingerprint density at radius 1 is 0.308 bits per heavy atom. The van der Waals surface area contributed by atoms with E-state index in [1.165, 1.54) is 173 Å². The fourth-order valence-electron chi connectivity index (χ4n) is 9.35. The number of aliphatic hydroxyl groups is 1. The summed E-state index contributed by atoms with van der Waals surface area (Å²) in [6, 6.07) is 0. The second-order valence-electron chi connectivity index (χ2n) is 21.8. The Hall–Kier alpha value is -3.70. The molecule has 0 aliphatic rings. The molecule has 0 heterocycles. The number of allylic oxidation sites excluding steroid dienone is 20. The van der Waals surface area contributed by atoms with Crippen LogP contribution in [0.2, 0.25) is 0 Å². The molecule has 0 spiro atoms. The summed E-state index contributed by atoms with van der Waals surface area (Å²) in [4.78, 5) is 24.6. The summed E-state index contributed by atoms with van der Waals surface area (Å²) in [6.07, 6.45) is 99.2. The summed E-state index contributed by atoms with van der Waals surface area (Å²) in [5.41, 5.74) is 0. The van der Waals surface area contributed by atoms with Gasteiger partial charge < -0.3 is 14.6 Å². The van der Waals surface area contributed by atoms with E-state index in [2.05, 4.69) is 135 Å². The standard InChI is InChI=1S/C73H124O5/c1-3-5-7-9-11-13-15-17-19-21-23-25-27-29-31-32-33-34-35-36-37-38-39-40-42-44-46-48-50-52-54-56-58-60-62-64-66-68-73(76)78-71(69-74)70-77-72(75)67-65-63-61-59-57-55-53-51-49-47-45-43-41-30-28-26-24-22-20-18-16-14-12-10-8-6-4-2/h5,7,11,13,17,19,23,25,29,31,33-34,36-37,39-40,44,46,50,52,71,74H,3-4,6,8-10,12,14-16,18,20-22,24,26-28,30,32,35,38,41-43,45,47-49,51,53-70H2,1-2H3/b7-5-,13-11-,19-17-,25-23-,31-29-,34-33-,37-36-,40-39-,46-44-,52-50-. The molecule has 0 bridgehead atoms. The van der Waals surface area contributed by atoms with Crippen molar-refractivity contribution in [1.82, 2.24) is 0 Å². The maximum atomic E-state index is 12.3. The number of esters is 2. The van der Waals surface area contributed by atoms with Crippen molar-refractivity contribution in [3.8, 4) is 0 Å². The van der Waals surface area contributed by atoms with Gasteiger partial charge in [0.1, 0.15) is 6.61 Å². The van der Waals surface area contributed by atoms with Crippen LogP contribution in [-0.4, -0.2) is 36.4 Å². The Morgan fingerprint density at radius 2 is 0.551 bits per heavy atom. The van der Waals surface area contributed by atoms with E-state index in [1.54, 1.807) is 0 Å². The third-order valence-corrected chi connectivity index (χ3v) is 14.3. The maximum absolute atomic E-state index is 12.3. The van der Waals surface area contributed by atoms with Gasteiger partial charge in [0.05, 0.1) is 6.61 Å². The van der Waals surface area contributed by atoms with E-state index in [1.807, 2.05) is 0 Å². The topological polar surface area (TPSA) is 72.8 Å². The van der Waals surface area contributed by atoms with E-state index in [0.717, 1.165) is 109 Å². The van der Waals surface area contributed by atoms with Crippen LogP contribution in [0.25, 0.3) is 0 Å². The molecule has 78 heavy (non-hydrogen) atoms. The average Bonchev–Trinajstić information content (AvgIpc) is 3.44. The number of hydrogen-bond acceptors (Lipinski definition) is 5. The summed E-state index contributed by atoms with van der Waals surface area (Å²) in [7, 11) is 0. The van der Waals surface area contributed by atoms with Gasteiger partial charge in [-0.05, 0) is 89.9 Å². The van der Waals surface area contributed by atoms with E-state index < -0.39 is 6.10 Å². The van der Waals surface area contributed by atoms with Crippen LogP contribution in [0.3, 0.4) is 0 Å². The van der Waals surface area contributed by atoms with Crippen molar-refractivity contribution in [2.75, 3.05) is 13.2 Å². The maximum Gasteiger partial charge on any atom is 0.306 e. The highest BCUT2D eigenvalue weighted by atomic mass is 16.6. The van der Waals surface area contributed by atoms with E-state index >= 15 is 0 Å².